The SMILES string of the molecule is O=C(O)C(Cc1ccc(F)cc1)Cc1cnoc1. The fourth-order valence-electron chi connectivity index (χ4n) is 1.76. The highest BCUT2D eigenvalue weighted by Gasteiger charge is 2.19. The lowest BCUT2D eigenvalue weighted by Gasteiger charge is -2.10. The van der Waals surface area contributed by atoms with Gasteiger partial charge in [0, 0.05) is 5.56 Å². The molecule has 4 nitrogen and oxygen atoms in total. The van der Waals surface area contributed by atoms with E-state index >= 15 is 0 Å². The molecule has 0 fully saturated rings. The molecule has 1 aromatic heterocycles. The molecule has 94 valence electrons. The second-order valence-corrected chi connectivity index (χ2v) is 4.10. The van der Waals surface area contributed by atoms with Gasteiger partial charge in [-0.15, -0.1) is 0 Å². The normalized spacial score (nSPS) is 12.3. The number of hydrogen-bond donors (Lipinski definition) is 1. The van der Waals surface area contributed by atoms with Gasteiger partial charge in [-0.05, 0) is 30.5 Å². The van der Waals surface area contributed by atoms with Crippen molar-refractivity contribution in [2.45, 2.75) is 12.8 Å². The Labute approximate surface area is 103 Å². The molecule has 1 heterocycles. The Kier molecular flexibility index (Phi) is 3.72. The van der Waals surface area contributed by atoms with E-state index in [0.29, 0.717) is 12.8 Å². The Hall–Kier alpha value is -2.17. The van der Waals surface area contributed by atoms with E-state index in [9.17, 15) is 9.18 Å². The highest BCUT2D eigenvalue weighted by atomic mass is 19.1. The maximum Gasteiger partial charge on any atom is 0.307 e. The molecule has 0 aliphatic carbocycles. The van der Waals surface area contributed by atoms with Crippen LogP contribution < -0.4 is 0 Å². The summed E-state index contributed by atoms with van der Waals surface area (Å²) in [5.41, 5.74) is 1.53. The summed E-state index contributed by atoms with van der Waals surface area (Å²) in [6, 6.07) is 5.85. The number of aliphatic carboxylic acids is 1. The van der Waals surface area contributed by atoms with Crippen molar-refractivity contribution >= 4 is 5.97 Å². The fraction of sp³-hybridized carbons (Fsp3) is 0.231. The standard InChI is InChI=1S/C13H12FNO3/c14-12-3-1-9(2-4-12)5-11(13(16)17)6-10-7-15-18-8-10/h1-4,7-8,11H,5-6H2,(H,16,17). The third kappa shape index (κ3) is 3.16. The minimum absolute atomic E-state index is 0.329. The molecule has 0 aliphatic heterocycles. The number of rotatable bonds is 5. The average molecular weight is 249 g/mol. The molecule has 0 saturated carbocycles. The van der Waals surface area contributed by atoms with Crippen LogP contribution in [0.4, 0.5) is 4.39 Å². The van der Waals surface area contributed by atoms with E-state index in [2.05, 4.69) is 9.68 Å². The molecule has 0 aliphatic rings. The van der Waals surface area contributed by atoms with Gasteiger partial charge in [0.15, 0.2) is 0 Å². The van der Waals surface area contributed by atoms with Gasteiger partial charge in [-0.3, -0.25) is 4.79 Å². The van der Waals surface area contributed by atoms with E-state index in [0.717, 1.165) is 11.1 Å². The molecule has 1 atom stereocenters. The molecule has 0 amide bonds. The Morgan fingerprint density at radius 1 is 1.28 bits per heavy atom. The first-order valence-electron chi connectivity index (χ1n) is 5.50. The van der Waals surface area contributed by atoms with Crippen LogP contribution in [0.1, 0.15) is 11.1 Å². The molecule has 1 unspecified atom stereocenters. The lowest BCUT2D eigenvalue weighted by Crippen LogP contribution is -2.19. The van der Waals surface area contributed by atoms with E-state index in [1.54, 1.807) is 12.1 Å². The summed E-state index contributed by atoms with van der Waals surface area (Å²) in [4.78, 5) is 11.2. The topological polar surface area (TPSA) is 63.3 Å². The van der Waals surface area contributed by atoms with Gasteiger partial charge in [0.05, 0.1) is 12.1 Å². The zero-order valence-corrected chi connectivity index (χ0v) is 9.54. The molecule has 0 saturated heterocycles. The van der Waals surface area contributed by atoms with Crippen molar-refractivity contribution in [1.29, 1.82) is 0 Å². The zero-order chi connectivity index (χ0) is 13.0. The van der Waals surface area contributed by atoms with Gasteiger partial charge in [-0.25, -0.2) is 4.39 Å². The van der Waals surface area contributed by atoms with E-state index < -0.39 is 11.9 Å². The molecular weight excluding hydrogens is 237 g/mol. The predicted octanol–water partition coefficient (Wildman–Crippen LogP) is 2.30. The number of carboxylic acid groups (broad SMARTS) is 1. The van der Waals surface area contributed by atoms with Gasteiger partial charge in [0.2, 0.25) is 0 Å². The van der Waals surface area contributed by atoms with Crippen LogP contribution >= 0.6 is 0 Å². The number of aromatic nitrogens is 1. The third-order valence-electron chi connectivity index (χ3n) is 2.71. The quantitative estimate of drug-likeness (QED) is 0.883. The van der Waals surface area contributed by atoms with Crippen molar-refractivity contribution in [2.75, 3.05) is 0 Å². The second kappa shape index (κ2) is 5.44. The molecule has 5 heteroatoms. The number of hydrogen-bond acceptors (Lipinski definition) is 3. The summed E-state index contributed by atoms with van der Waals surface area (Å²) in [6.45, 7) is 0. The molecule has 2 aromatic rings. The van der Waals surface area contributed by atoms with Crippen LogP contribution in [0.25, 0.3) is 0 Å². The highest BCUT2D eigenvalue weighted by molar-refractivity contribution is 5.70. The lowest BCUT2D eigenvalue weighted by atomic mass is 9.94. The van der Waals surface area contributed by atoms with E-state index in [1.807, 2.05) is 0 Å². The molecule has 18 heavy (non-hydrogen) atoms. The Balaban J connectivity index is 2.06. The molecule has 0 radical (unpaired) electrons. The van der Waals surface area contributed by atoms with Crippen molar-refractivity contribution in [3.63, 3.8) is 0 Å². The van der Waals surface area contributed by atoms with Gasteiger partial charge in [0.1, 0.15) is 12.1 Å². The summed E-state index contributed by atoms with van der Waals surface area (Å²) >= 11 is 0. The van der Waals surface area contributed by atoms with Crippen LogP contribution in [0.3, 0.4) is 0 Å². The van der Waals surface area contributed by atoms with Gasteiger partial charge in [0.25, 0.3) is 0 Å². The smallest absolute Gasteiger partial charge is 0.307 e. The van der Waals surface area contributed by atoms with Crippen molar-refractivity contribution in [3.05, 3.63) is 53.7 Å². The minimum atomic E-state index is -0.888. The second-order valence-electron chi connectivity index (χ2n) is 4.10. The van der Waals surface area contributed by atoms with Gasteiger partial charge in [-0.2, -0.15) is 0 Å². The molecule has 0 spiro atoms. The number of halogens is 1. The van der Waals surface area contributed by atoms with Crippen molar-refractivity contribution in [2.24, 2.45) is 5.92 Å². The summed E-state index contributed by atoms with van der Waals surface area (Å²) in [7, 11) is 0. The number of carbonyl (C=O) groups is 1. The van der Waals surface area contributed by atoms with Crippen LogP contribution in [-0.4, -0.2) is 16.2 Å². The van der Waals surface area contributed by atoms with Crippen molar-refractivity contribution < 1.29 is 18.8 Å². The van der Waals surface area contributed by atoms with E-state index in [1.165, 1.54) is 24.6 Å². The van der Waals surface area contributed by atoms with Gasteiger partial charge < -0.3 is 9.63 Å². The van der Waals surface area contributed by atoms with E-state index in [4.69, 9.17) is 5.11 Å². The Morgan fingerprint density at radius 2 is 1.94 bits per heavy atom. The predicted molar refractivity (Wildman–Crippen MR) is 61.4 cm³/mol. The highest BCUT2D eigenvalue weighted by Crippen LogP contribution is 2.15. The Bertz CT molecular complexity index is 508. The van der Waals surface area contributed by atoms with Crippen molar-refractivity contribution in [1.82, 2.24) is 5.16 Å². The van der Waals surface area contributed by atoms with Gasteiger partial charge >= 0.3 is 5.97 Å². The first kappa shape index (κ1) is 12.3. The summed E-state index contributed by atoms with van der Waals surface area (Å²) < 4.78 is 17.4. The number of nitrogens with zero attached hydrogens (tertiary/aromatic N) is 1. The van der Waals surface area contributed by atoms with Crippen LogP contribution in [0.5, 0.6) is 0 Å². The maximum atomic E-state index is 12.8. The van der Waals surface area contributed by atoms with E-state index in [-0.39, 0.29) is 5.82 Å². The molecule has 0 bridgehead atoms. The van der Waals surface area contributed by atoms with Gasteiger partial charge in [-0.1, -0.05) is 17.3 Å². The lowest BCUT2D eigenvalue weighted by molar-refractivity contribution is -0.141. The maximum absolute atomic E-state index is 12.8. The van der Waals surface area contributed by atoms with Crippen LogP contribution in [-0.2, 0) is 17.6 Å². The van der Waals surface area contributed by atoms with Crippen LogP contribution in [0, 0.1) is 11.7 Å². The fourth-order valence-corrected chi connectivity index (χ4v) is 1.76. The largest absolute Gasteiger partial charge is 0.481 e. The number of benzene rings is 1. The Morgan fingerprint density at radius 3 is 2.50 bits per heavy atom. The van der Waals surface area contributed by atoms with Crippen LogP contribution in [0.15, 0.2) is 41.2 Å². The molecule has 1 aromatic carbocycles. The zero-order valence-electron chi connectivity index (χ0n) is 9.54. The minimum Gasteiger partial charge on any atom is -0.481 e. The summed E-state index contributed by atoms with van der Waals surface area (Å²) in [6.07, 6.45) is 3.62. The molecule has 2 rings (SSSR count). The molecule has 1 N–H and O–H groups in total. The average Bonchev–Trinajstić information content (AvgIpc) is 2.84. The summed E-state index contributed by atoms with van der Waals surface area (Å²) in [5, 5.41) is 12.7. The van der Waals surface area contributed by atoms with Crippen molar-refractivity contribution in [3.8, 4) is 0 Å². The molecular formula is C13H12FNO3. The first-order valence-corrected chi connectivity index (χ1v) is 5.50. The number of carboxylic acids is 1. The summed E-state index contributed by atoms with van der Waals surface area (Å²) in [5.74, 6) is -1.79. The third-order valence-corrected chi connectivity index (χ3v) is 2.71. The monoisotopic (exact) mass is 249 g/mol. The first-order chi connectivity index (χ1) is 8.65. The van der Waals surface area contributed by atoms with Crippen LogP contribution in [0.2, 0.25) is 0 Å².